The van der Waals surface area contributed by atoms with Gasteiger partial charge in [0, 0.05) is 24.9 Å². The fraction of sp³-hybridized carbons (Fsp3) is 0.243. The van der Waals surface area contributed by atoms with Crippen LogP contribution in [0.4, 0.5) is 0 Å². The van der Waals surface area contributed by atoms with Gasteiger partial charge in [0.25, 0.3) is 0 Å². The van der Waals surface area contributed by atoms with Gasteiger partial charge in [-0.25, -0.2) is 4.98 Å². The van der Waals surface area contributed by atoms with E-state index in [0.717, 1.165) is 27.4 Å². The molecule has 1 amide bonds. The molecule has 2 N–H and O–H groups in total. The van der Waals surface area contributed by atoms with E-state index in [4.69, 9.17) is 13.9 Å². The number of nitrogens with zero attached hydrogens (tertiary/aromatic N) is 2. The SMILES string of the molecule is CC(C(CC=Cc1nc2ccccc2o1)c1ccc2c(c1)OCO2)N(Cc1ccc2ccccc2c1)C(=O)C[C@H](CC(=O)O)C(=O)O. The zero-order valence-electron chi connectivity index (χ0n) is 25.7. The van der Waals surface area contributed by atoms with Crippen molar-refractivity contribution in [1.82, 2.24) is 9.88 Å². The van der Waals surface area contributed by atoms with Gasteiger partial charge in [-0.2, -0.15) is 0 Å². The Morgan fingerprint density at radius 3 is 2.45 bits per heavy atom. The molecule has 47 heavy (non-hydrogen) atoms. The molecular weight excluding hydrogens is 600 g/mol. The summed E-state index contributed by atoms with van der Waals surface area (Å²) in [5.41, 5.74) is 3.17. The van der Waals surface area contributed by atoms with E-state index in [2.05, 4.69) is 4.98 Å². The van der Waals surface area contributed by atoms with Gasteiger partial charge in [-0.05, 0) is 71.7 Å². The van der Waals surface area contributed by atoms with E-state index < -0.39 is 42.6 Å². The summed E-state index contributed by atoms with van der Waals surface area (Å²) in [6.45, 7) is 2.23. The Bertz CT molecular complexity index is 1930. The highest BCUT2D eigenvalue weighted by molar-refractivity contribution is 5.86. The standard InChI is InChI=1S/C37H34N2O8/c1-23(39(35(40)19-28(37(43)44)20-36(41)42)21-24-13-14-25-7-2-3-8-26(25)17-24)29(27-15-16-32-33(18-27)46-22-45-32)9-6-12-34-38-30-10-4-5-11-31(30)47-34/h2-8,10-18,23,28-29H,9,19-22H2,1H3,(H,41,42)(H,43,44)/t23?,28-,29?/m1/s1. The van der Waals surface area contributed by atoms with Crippen LogP contribution in [0, 0.1) is 5.92 Å². The molecule has 0 bridgehead atoms. The number of oxazole rings is 1. The third kappa shape index (κ3) is 7.27. The Morgan fingerprint density at radius 2 is 1.66 bits per heavy atom. The van der Waals surface area contributed by atoms with Gasteiger partial charge >= 0.3 is 11.9 Å². The molecule has 0 aliphatic carbocycles. The van der Waals surface area contributed by atoms with Crippen molar-refractivity contribution in [2.45, 2.75) is 44.7 Å². The monoisotopic (exact) mass is 634 g/mol. The fourth-order valence-corrected chi connectivity index (χ4v) is 6.03. The molecule has 6 rings (SSSR count). The predicted molar refractivity (Wildman–Crippen MR) is 175 cm³/mol. The van der Waals surface area contributed by atoms with E-state index in [1.54, 1.807) is 11.0 Å². The first-order chi connectivity index (χ1) is 22.7. The highest BCUT2D eigenvalue weighted by Gasteiger charge is 2.33. The predicted octanol–water partition coefficient (Wildman–Crippen LogP) is 6.88. The van der Waals surface area contributed by atoms with Crippen LogP contribution < -0.4 is 9.47 Å². The molecule has 0 saturated heterocycles. The Morgan fingerprint density at radius 1 is 0.894 bits per heavy atom. The van der Waals surface area contributed by atoms with Crippen LogP contribution in [0.2, 0.25) is 0 Å². The second-order valence-corrected chi connectivity index (χ2v) is 11.7. The van der Waals surface area contributed by atoms with Crippen LogP contribution in [0.15, 0.2) is 95.4 Å². The smallest absolute Gasteiger partial charge is 0.307 e. The molecular formula is C37H34N2O8. The number of hydrogen-bond acceptors (Lipinski definition) is 7. The zero-order valence-corrected chi connectivity index (χ0v) is 25.7. The highest BCUT2D eigenvalue weighted by Crippen LogP contribution is 2.38. The lowest BCUT2D eigenvalue weighted by molar-refractivity contribution is -0.151. The second kappa shape index (κ2) is 13.8. The van der Waals surface area contributed by atoms with E-state index in [-0.39, 0.29) is 19.3 Å². The number of ether oxygens (including phenoxy) is 2. The van der Waals surface area contributed by atoms with Crippen LogP contribution >= 0.6 is 0 Å². The first-order valence-electron chi connectivity index (χ1n) is 15.4. The topological polar surface area (TPSA) is 139 Å². The second-order valence-electron chi connectivity index (χ2n) is 11.7. The number of aliphatic carboxylic acids is 2. The maximum atomic E-state index is 14.0. The quantitative estimate of drug-likeness (QED) is 0.142. The number of carboxylic acid groups (broad SMARTS) is 2. The summed E-state index contributed by atoms with van der Waals surface area (Å²) in [6.07, 6.45) is 3.11. The first kappa shape index (κ1) is 31.3. The molecule has 10 nitrogen and oxygen atoms in total. The average Bonchev–Trinajstić information content (AvgIpc) is 3.71. The molecule has 3 atom stereocenters. The van der Waals surface area contributed by atoms with Crippen molar-refractivity contribution < 1.29 is 38.5 Å². The number of fused-ring (bicyclic) bond motifs is 3. The van der Waals surface area contributed by atoms with Gasteiger partial charge in [-0.1, -0.05) is 60.7 Å². The molecule has 4 aromatic carbocycles. The normalized spacial score (nSPS) is 14.3. The molecule has 0 fully saturated rings. The van der Waals surface area contributed by atoms with E-state index in [1.165, 1.54) is 0 Å². The maximum absolute atomic E-state index is 14.0. The van der Waals surface area contributed by atoms with Crippen LogP contribution in [-0.2, 0) is 20.9 Å². The zero-order chi connectivity index (χ0) is 32.9. The summed E-state index contributed by atoms with van der Waals surface area (Å²) in [5, 5.41) is 21.2. The number of carbonyl (C=O) groups excluding carboxylic acids is 1. The molecule has 2 heterocycles. The molecule has 0 radical (unpaired) electrons. The molecule has 1 aliphatic heterocycles. The van der Waals surface area contributed by atoms with Gasteiger partial charge in [0.1, 0.15) is 5.52 Å². The molecule has 1 aliphatic rings. The highest BCUT2D eigenvalue weighted by atomic mass is 16.7. The van der Waals surface area contributed by atoms with Gasteiger partial charge in [-0.3, -0.25) is 14.4 Å². The largest absolute Gasteiger partial charge is 0.481 e. The summed E-state index contributed by atoms with van der Waals surface area (Å²) in [7, 11) is 0. The van der Waals surface area contributed by atoms with Crippen molar-refractivity contribution in [1.29, 1.82) is 0 Å². The lowest BCUT2D eigenvalue weighted by atomic mass is 9.87. The van der Waals surface area contributed by atoms with Gasteiger partial charge in [0.05, 0.1) is 12.3 Å². The van der Waals surface area contributed by atoms with Crippen molar-refractivity contribution in [3.63, 3.8) is 0 Å². The molecule has 2 unspecified atom stereocenters. The molecule has 10 heteroatoms. The Hall–Kier alpha value is -5.64. The van der Waals surface area contributed by atoms with Crippen LogP contribution in [0.1, 0.15) is 49.1 Å². The summed E-state index contributed by atoms with van der Waals surface area (Å²) in [6, 6.07) is 26.6. The Labute approximate surface area is 270 Å². The molecule has 0 spiro atoms. The van der Waals surface area contributed by atoms with Crippen molar-refractivity contribution in [2.75, 3.05) is 6.79 Å². The molecule has 0 saturated carbocycles. The summed E-state index contributed by atoms with van der Waals surface area (Å²) in [5.74, 6) is -3.02. The van der Waals surface area contributed by atoms with E-state index in [9.17, 15) is 24.6 Å². The van der Waals surface area contributed by atoms with Crippen LogP contribution in [0.25, 0.3) is 27.9 Å². The Balaban J connectivity index is 1.35. The summed E-state index contributed by atoms with van der Waals surface area (Å²) < 4.78 is 17.1. The molecule has 5 aromatic rings. The van der Waals surface area contributed by atoms with Crippen LogP contribution in [0.5, 0.6) is 11.5 Å². The van der Waals surface area contributed by atoms with Crippen LogP contribution in [0.3, 0.4) is 0 Å². The summed E-state index contributed by atoms with van der Waals surface area (Å²) >= 11 is 0. The van der Waals surface area contributed by atoms with E-state index in [1.807, 2.05) is 97.9 Å². The molecule has 240 valence electrons. The number of hydrogen-bond donors (Lipinski definition) is 2. The minimum Gasteiger partial charge on any atom is -0.481 e. The Kier molecular flexibility index (Phi) is 9.19. The fourth-order valence-electron chi connectivity index (χ4n) is 6.03. The third-order valence-electron chi connectivity index (χ3n) is 8.54. The molecule has 1 aromatic heterocycles. The third-order valence-corrected chi connectivity index (χ3v) is 8.54. The number of amides is 1. The van der Waals surface area contributed by atoms with Crippen molar-refractivity contribution in [3.05, 3.63) is 108 Å². The van der Waals surface area contributed by atoms with Crippen molar-refractivity contribution >= 4 is 45.8 Å². The lowest BCUT2D eigenvalue weighted by Crippen LogP contribution is -2.43. The van der Waals surface area contributed by atoms with Crippen molar-refractivity contribution in [3.8, 4) is 11.5 Å². The summed E-state index contributed by atoms with van der Waals surface area (Å²) in [4.78, 5) is 43.7. The number of carbonyl (C=O) groups is 3. The van der Waals surface area contributed by atoms with E-state index >= 15 is 0 Å². The minimum absolute atomic E-state index is 0.114. The van der Waals surface area contributed by atoms with E-state index in [0.29, 0.717) is 29.4 Å². The van der Waals surface area contributed by atoms with Gasteiger partial charge in [0.15, 0.2) is 17.1 Å². The number of aromatic nitrogens is 1. The first-order valence-corrected chi connectivity index (χ1v) is 15.4. The van der Waals surface area contributed by atoms with Crippen molar-refractivity contribution in [2.24, 2.45) is 5.92 Å². The van der Waals surface area contributed by atoms with Gasteiger partial charge in [-0.15, -0.1) is 0 Å². The van der Waals surface area contributed by atoms with Gasteiger partial charge in [0.2, 0.25) is 18.6 Å². The number of rotatable bonds is 13. The minimum atomic E-state index is -1.37. The number of benzene rings is 4. The number of allylic oxidation sites excluding steroid dienone is 1. The lowest BCUT2D eigenvalue weighted by Gasteiger charge is -2.36. The maximum Gasteiger partial charge on any atom is 0.307 e. The number of para-hydroxylation sites is 2. The van der Waals surface area contributed by atoms with Crippen LogP contribution in [-0.4, -0.2) is 50.8 Å². The van der Waals surface area contributed by atoms with Gasteiger partial charge < -0.3 is 29.0 Å². The average molecular weight is 635 g/mol. The number of carboxylic acids is 2.